The van der Waals surface area contributed by atoms with Crippen molar-refractivity contribution in [1.82, 2.24) is 9.88 Å². The predicted molar refractivity (Wildman–Crippen MR) is 117 cm³/mol. The van der Waals surface area contributed by atoms with Gasteiger partial charge in [0.05, 0.1) is 23.9 Å². The zero-order chi connectivity index (χ0) is 22.8. The van der Waals surface area contributed by atoms with Gasteiger partial charge < -0.3 is 14.6 Å². The Hall–Kier alpha value is -3.52. The van der Waals surface area contributed by atoms with Gasteiger partial charge in [0.1, 0.15) is 0 Å². The number of methoxy groups -OCH3 is 1. The van der Waals surface area contributed by atoms with Gasteiger partial charge in [-0.15, -0.1) is 0 Å². The van der Waals surface area contributed by atoms with Gasteiger partial charge in [-0.1, -0.05) is 37.3 Å². The van der Waals surface area contributed by atoms with Gasteiger partial charge in [0.2, 0.25) is 0 Å². The number of hydrogen-bond donors (Lipinski definition) is 1. The Bertz CT molecular complexity index is 1210. The standard InChI is InChI=1S/C24H22F2N2O4/c1-3-28-12-15(11-14-7-6-10-19(31-2)22(14)32-24(25)26)21-17(13-28)20(23(29)30)16-8-4-5-9-18(16)27-21/h4-11,24H,3,12-13H2,1-2H3,(H,29,30). The van der Waals surface area contributed by atoms with Crippen molar-refractivity contribution in [3.63, 3.8) is 0 Å². The van der Waals surface area contributed by atoms with Crippen LogP contribution in [0, 0.1) is 0 Å². The molecule has 166 valence electrons. The fourth-order valence-electron chi connectivity index (χ4n) is 4.06. The lowest BCUT2D eigenvalue weighted by Gasteiger charge is -2.30. The molecule has 3 aromatic rings. The average molecular weight is 440 g/mol. The molecule has 1 N–H and O–H groups in total. The number of fused-ring (bicyclic) bond motifs is 2. The van der Waals surface area contributed by atoms with Crippen LogP contribution in [0.15, 0.2) is 42.5 Å². The molecule has 0 saturated carbocycles. The fraction of sp³-hybridized carbons (Fsp3) is 0.250. The highest BCUT2D eigenvalue weighted by molar-refractivity contribution is 6.06. The first kappa shape index (κ1) is 21.7. The lowest BCUT2D eigenvalue weighted by atomic mass is 9.92. The number of nitrogens with zero attached hydrogens (tertiary/aromatic N) is 2. The molecule has 0 amide bonds. The summed E-state index contributed by atoms with van der Waals surface area (Å²) in [5.41, 5.74) is 3.05. The van der Waals surface area contributed by atoms with E-state index in [2.05, 4.69) is 4.90 Å². The first-order valence-corrected chi connectivity index (χ1v) is 10.1. The Morgan fingerprint density at radius 2 is 2.00 bits per heavy atom. The topological polar surface area (TPSA) is 71.9 Å². The normalized spacial score (nSPS) is 15.2. The quantitative estimate of drug-likeness (QED) is 0.587. The first-order chi connectivity index (χ1) is 15.4. The van der Waals surface area contributed by atoms with E-state index in [9.17, 15) is 18.7 Å². The van der Waals surface area contributed by atoms with Gasteiger partial charge in [-0.2, -0.15) is 8.78 Å². The molecule has 0 fully saturated rings. The highest BCUT2D eigenvalue weighted by Crippen LogP contribution is 2.38. The molecule has 6 nitrogen and oxygen atoms in total. The Kier molecular flexibility index (Phi) is 6.05. The van der Waals surface area contributed by atoms with Crippen LogP contribution in [-0.2, 0) is 6.54 Å². The average Bonchev–Trinajstić information content (AvgIpc) is 2.78. The monoisotopic (exact) mass is 440 g/mol. The molecule has 0 bridgehead atoms. The molecule has 4 rings (SSSR count). The summed E-state index contributed by atoms with van der Waals surface area (Å²) in [5, 5.41) is 10.6. The molecular weight excluding hydrogens is 418 g/mol. The van der Waals surface area contributed by atoms with Crippen molar-refractivity contribution in [3.05, 3.63) is 64.8 Å². The van der Waals surface area contributed by atoms with Gasteiger partial charge in [0, 0.05) is 29.6 Å². The number of aromatic nitrogens is 1. The molecule has 1 aliphatic heterocycles. The summed E-state index contributed by atoms with van der Waals surface area (Å²) in [6.07, 6.45) is 1.72. The molecule has 0 radical (unpaired) electrons. The molecular formula is C24H22F2N2O4. The molecule has 0 saturated heterocycles. The van der Waals surface area contributed by atoms with Crippen molar-refractivity contribution in [2.75, 3.05) is 20.2 Å². The number of alkyl halides is 2. The number of benzene rings is 2. The molecule has 1 aliphatic rings. The minimum atomic E-state index is -3.02. The Morgan fingerprint density at radius 1 is 1.22 bits per heavy atom. The van der Waals surface area contributed by atoms with Gasteiger partial charge in [-0.05, 0) is 30.3 Å². The van der Waals surface area contributed by atoms with Gasteiger partial charge in [0.15, 0.2) is 11.5 Å². The van der Waals surface area contributed by atoms with Crippen LogP contribution in [0.4, 0.5) is 8.78 Å². The fourth-order valence-corrected chi connectivity index (χ4v) is 4.06. The minimum Gasteiger partial charge on any atom is -0.493 e. The summed E-state index contributed by atoms with van der Waals surface area (Å²) in [6.45, 7) is 0.561. The van der Waals surface area contributed by atoms with Crippen LogP contribution in [0.3, 0.4) is 0 Å². The van der Waals surface area contributed by atoms with E-state index in [4.69, 9.17) is 14.5 Å². The highest BCUT2D eigenvalue weighted by Gasteiger charge is 2.28. The zero-order valence-electron chi connectivity index (χ0n) is 17.6. The summed E-state index contributed by atoms with van der Waals surface area (Å²) < 4.78 is 36.1. The second-order valence-corrected chi connectivity index (χ2v) is 7.37. The van der Waals surface area contributed by atoms with Crippen molar-refractivity contribution in [2.45, 2.75) is 20.1 Å². The number of pyridine rings is 1. The maximum atomic E-state index is 13.1. The third-order valence-electron chi connectivity index (χ3n) is 5.50. The number of rotatable bonds is 6. The van der Waals surface area contributed by atoms with Crippen LogP contribution in [0.2, 0.25) is 0 Å². The number of halogens is 2. The predicted octanol–water partition coefficient (Wildman–Crippen LogP) is 4.92. The van der Waals surface area contributed by atoms with E-state index in [1.54, 1.807) is 48.5 Å². The summed E-state index contributed by atoms with van der Waals surface area (Å²) in [4.78, 5) is 19.1. The molecule has 0 spiro atoms. The summed E-state index contributed by atoms with van der Waals surface area (Å²) in [7, 11) is 1.38. The van der Waals surface area contributed by atoms with Gasteiger partial charge in [0.25, 0.3) is 0 Å². The number of hydrogen-bond acceptors (Lipinski definition) is 5. The van der Waals surface area contributed by atoms with Crippen molar-refractivity contribution in [2.24, 2.45) is 0 Å². The maximum Gasteiger partial charge on any atom is 0.387 e. The Labute approximate surface area is 183 Å². The third kappa shape index (κ3) is 4.01. The largest absolute Gasteiger partial charge is 0.493 e. The SMILES string of the molecule is CCN1CC(=Cc2cccc(OC)c2OC(F)F)c2nc3ccccc3c(C(=O)O)c2C1. The second-order valence-electron chi connectivity index (χ2n) is 7.37. The molecule has 1 aromatic heterocycles. The number of aromatic carboxylic acids is 1. The highest BCUT2D eigenvalue weighted by atomic mass is 19.3. The summed E-state index contributed by atoms with van der Waals surface area (Å²) in [6, 6.07) is 12.0. The van der Waals surface area contributed by atoms with Crippen LogP contribution in [-0.4, -0.2) is 47.8 Å². The first-order valence-electron chi connectivity index (χ1n) is 10.1. The molecule has 2 aromatic carbocycles. The van der Waals surface area contributed by atoms with Crippen LogP contribution in [0.1, 0.15) is 34.1 Å². The lowest BCUT2D eigenvalue weighted by Crippen LogP contribution is -2.31. The van der Waals surface area contributed by atoms with E-state index in [-0.39, 0.29) is 17.1 Å². The maximum absolute atomic E-state index is 13.1. The Morgan fingerprint density at radius 3 is 2.69 bits per heavy atom. The molecule has 0 atom stereocenters. The number of carboxylic acids is 1. The lowest BCUT2D eigenvalue weighted by molar-refractivity contribution is -0.0513. The van der Waals surface area contributed by atoms with Crippen LogP contribution in [0.25, 0.3) is 22.6 Å². The third-order valence-corrected chi connectivity index (χ3v) is 5.50. The summed E-state index contributed by atoms with van der Waals surface area (Å²) >= 11 is 0. The van der Waals surface area contributed by atoms with Crippen LogP contribution < -0.4 is 9.47 Å². The molecule has 2 heterocycles. The second kappa shape index (κ2) is 8.92. The zero-order valence-corrected chi connectivity index (χ0v) is 17.6. The minimum absolute atomic E-state index is 0.0769. The van der Waals surface area contributed by atoms with E-state index >= 15 is 0 Å². The number of carboxylic acid groups (broad SMARTS) is 1. The van der Waals surface area contributed by atoms with Crippen LogP contribution in [0.5, 0.6) is 11.5 Å². The molecule has 8 heteroatoms. The number of carbonyl (C=O) groups is 1. The number of para-hydroxylation sites is 2. The Balaban J connectivity index is 1.97. The van der Waals surface area contributed by atoms with E-state index in [0.717, 1.165) is 0 Å². The van der Waals surface area contributed by atoms with Gasteiger partial charge >= 0.3 is 12.6 Å². The molecule has 32 heavy (non-hydrogen) atoms. The smallest absolute Gasteiger partial charge is 0.387 e. The molecule has 0 aliphatic carbocycles. The van der Waals surface area contributed by atoms with Gasteiger partial charge in [-0.25, -0.2) is 9.78 Å². The van der Waals surface area contributed by atoms with E-state index in [0.29, 0.717) is 52.9 Å². The van der Waals surface area contributed by atoms with Crippen LogP contribution >= 0.6 is 0 Å². The number of ether oxygens (including phenoxy) is 2. The van der Waals surface area contributed by atoms with Crippen molar-refractivity contribution < 1.29 is 28.2 Å². The van der Waals surface area contributed by atoms with Crippen molar-refractivity contribution in [3.8, 4) is 11.5 Å². The van der Waals surface area contributed by atoms with Crippen molar-refractivity contribution in [1.29, 1.82) is 0 Å². The van der Waals surface area contributed by atoms with Crippen molar-refractivity contribution >= 4 is 28.5 Å². The van der Waals surface area contributed by atoms with E-state index in [1.165, 1.54) is 7.11 Å². The molecule has 0 unspecified atom stereocenters. The van der Waals surface area contributed by atoms with E-state index < -0.39 is 12.6 Å². The summed E-state index contributed by atoms with van der Waals surface area (Å²) in [5.74, 6) is -0.923. The van der Waals surface area contributed by atoms with Gasteiger partial charge in [-0.3, -0.25) is 4.90 Å². The van der Waals surface area contributed by atoms with E-state index in [1.807, 2.05) is 6.92 Å². The number of likely N-dealkylation sites (N-methyl/N-ethyl adjacent to an activating group) is 1.